The molecule has 7 heteroatoms. The zero-order valence-electron chi connectivity index (χ0n) is 15.2. The maximum atomic E-state index is 11.9. The Kier molecular flexibility index (Phi) is 6.27. The molecule has 27 heavy (non-hydrogen) atoms. The Labute approximate surface area is 157 Å². The molecule has 0 spiro atoms. The van der Waals surface area contributed by atoms with Crippen LogP contribution in [0.3, 0.4) is 0 Å². The zero-order chi connectivity index (χ0) is 19.1. The summed E-state index contributed by atoms with van der Waals surface area (Å²) >= 11 is 0. The van der Waals surface area contributed by atoms with Gasteiger partial charge in [0.05, 0.1) is 6.10 Å². The van der Waals surface area contributed by atoms with Crippen molar-refractivity contribution in [2.45, 2.75) is 25.9 Å². The molecule has 1 aromatic carbocycles. The SMILES string of the molecule is Cc1ccc(/C=C/C(=O)Nc2ccc(NC(=O)NCC3CCCO3)cc2)o1. The van der Waals surface area contributed by atoms with Crippen LogP contribution < -0.4 is 16.0 Å². The summed E-state index contributed by atoms with van der Waals surface area (Å²) in [4.78, 5) is 23.8. The second kappa shape index (κ2) is 9.05. The number of rotatable bonds is 6. The summed E-state index contributed by atoms with van der Waals surface area (Å²) in [6.07, 6.45) is 5.13. The predicted molar refractivity (Wildman–Crippen MR) is 104 cm³/mol. The van der Waals surface area contributed by atoms with Gasteiger partial charge in [0.15, 0.2) is 0 Å². The van der Waals surface area contributed by atoms with Gasteiger partial charge in [-0.1, -0.05) is 0 Å². The highest BCUT2D eigenvalue weighted by Crippen LogP contribution is 2.14. The Morgan fingerprint density at radius 1 is 1.11 bits per heavy atom. The van der Waals surface area contributed by atoms with E-state index < -0.39 is 0 Å². The van der Waals surface area contributed by atoms with Crippen molar-refractivity contribution in [1.29, 1.82) is 0 Å². The van der Waals surface area contributed by atoms with Gasteiger partial charge in [0, 0.05) is 30.6 Å². The number of carbonyl (C=O) groups excluding carboxylic acids is 2. The summed E-state index contributed by atoms with van der Waals surface area (Å²) in [7, 11) is 0. The van der Waals surface area contributed by atoms with Crippen LogP contribution in [0.25, 0.3) is 6.08 Å². The van der Waals surface area contributed by atoms with Gasteiger partial charge in [0.2, 0.25) is 5.91 Å². The van der Waals surface area contributed by atoms with E-state index in [1.807, 2.05) is 13.0 Å². The number of carbonyl (C=O) groups is 2. The normalized spacial score (nSPS) is 16.4. The van der Waals surface area contributed by atoms with E-state index in [1.54, 1.807) is 36.4 Å². The molecule has 3 amide bonds. The van der Waals surface area contributed by atoms with E-state index in [9.17, 15) is 9.59 Å². The van der Waals surface area contributed by atoms with Gasteiger partial charge in [-0.3, -0.25) is 4.79 Å². The van der Waals surface area contributed by atoms with Crippen LogP contribution in [0.2, 0.25) is 0 Å². The molecule has 0 bridgehead atoms. The minimum absolute atomic E-state index is 0.103. The maximum Gasteiger partial charge on any atom is 0.319 e. The quantitative estimate of drug-likeness (QED) is 0.679. The first kappa shape index (κ1) is 18.7. The molecule has 0 aliphatic carbocycles. The molecule has 1 aliphatic rings. The Bertz CT molecular complexity index is 805. The third kappa shape index (κ3) is 6.00. The number of benzene rings is 1. The average molecular weight is 369 g/mol. The summed E-state index contributed by atoms with van der Waals surface area (Å²) in [6, 6.07) is 10.2. The predicted octanol–water partition coefficient (Wildman–Crippen LogP) is 3.54. The van der Waals surface area contributed by atoms with E-state index in [0.717, 1.165) is 25.2 Å². The first-order valence-electron chi connectivity index (χ1n) is 8.90. The summed E-state index contributed by atoms with van der Waals surface area (Å²) in [6.45, 7) is 3.11. The van der Waals surface area contributed by atoms with Crippen molar-refractivity contribution >= 4 is 29.4 Å². The molecular weight excluding hydrogens is 346 g/mol. The highest BCUT2D eigenvalue weighted by Gasteiger charge is 2.16. The lowest BCUT2D eigenvalue weighted by Crippen LogP contribution is -2.35. The third-order valence-corrected chi connectivity index (χ3v) is 4.08. The Morgan fingerprint density at radius 2 is 1.85 bits per heavy atom. The van der Waals surface area contributed by atoms with E-state index in [4.69, 9.17) is 9.15 Å². The Hall–Kier alpha value is -3.06. The van der Waals surface area contributed by atoms with Gasteiger partial charge in [-0.15, -0.1) is 0 Å². The molecule has 3 N–H and O–H groups in total. The average Bonchev–Trinajstić information content (AvgIpc) is 3.31. The number of aryl methyl sites for hydroxylation is 1. The molecule has 1 unspecified atom stereocenters. The fourth-order valence-corrected chi connectivity index (χ4v) is 2.71. The minimum Gasteiger partial charge on any atom is -0.462 e. The van der Waals surface area contributed by atoms with Gasteiger partial charge in [-0.05, 0) is 62.2 Å². The van der Waals surface area contributed by atoms with Crippen molar-refractivity contribution in [3.05, 3.63) is 54.0 Å². The Balaban J connectivity index is 1.44. The van der Waals surface area contributed by atoms with Crippen LogP contribution in [0.1, 0.15) is 24.4 Å². The van der Waals surface area contributed by atoms with Crippen molar-refractivity contribution in [3.8, 4) is 0 Å². The molecule has 2 heterocycles. The largest absolute Gasteiger partial charge is 0.462 e. The highest BCUT2D eigenvalue weighted by atomic mass is 16.5. The standard InChI is InChI=1S/C20H23N3O4/c1-14-4-9-17(27-14)10-11-19(24)22-15-5-7-16(8-6-15)23-20(25)21-13-18-3-2-12-26-18/h4-11,18H,2-3,12-13H2,1H3,(H,22,24)(H2,21,23,25)/b11-10+. The van der Waals surface area contributed by atoms with Crippen molar-refractivity contribution in [2.75, 3.05) is 23.8 Å². The van der Waals surface area contributed by atoms with Gasteiger partial charge in [0.1, 0.15) is 11.5 Å². The second-order valence-corrected chi connectivity index (χ2v) is 6.32. The molecule has 0 saturated carbocycles. The Morgan fingerprint density at radius 3 is 2.48 bits per heavy atom. The monoisotopic (exact) mass is 369 g/mol. The summed E-state index contributed by atoms with van der Waals surface area (Å²) in [5.74, 6) is 1.15. The van der Waals surface area contributed by atoms with Gasteiger partial charge in [-0.2, -0.15) is 0 Å². The molecule has 7 nitrogen and oxygen atoms in total. The number of amides is 3. The first-order chi connectivity index (χ1) is 13.1. The lowest BCUT2D eigenvalue weighted by molar-refractivity contribution is -0.111. The molecule has 1 fully saturated rings. The van der Waals surface area contributed by atoms with E-state index in [1.165, 1.54) is 6.08 Å². The van der Waals surface area contributed by atoms with Crippen LogP contribution in [0.4, 0.5) is 16.2 Å². The fourth-order valence-electron chi connectivity index (χ4n) is 2.71. The minimum atomic E-state index is -0.279. The van der Waals surface area contributed by atoms with Crippen molar-refractivity contribution in [3.63, 3.8) is 0 Å². The maximum absolute atomic E-state index is 11.9. The van der Waals surface area contributed by atoms with Crippen molar-refractivity contribution in [2.24, 2.45) is 0 Å². The zero-order valence-corrected chi connectivity index (χ0v) is 15.2. The van der Waals surface area contributed by atoms with Crippen molar-refractivity contribution in [1.82, 2.24) is 5.32 Å². The van der Waals surface area contributed by atoms with Gasteiger partial charge < -0.3 is 25.1 Å². The molecule has 0 radical (unpaired) electrons. The highest BCUT2D eigenvalue weighted by molar-refractivity contribution is 6.02. The van der Waals surface area contributed by atoms with Crippen LogP contribution in [-0.4, -0.2) is 31.2 Å². The number of hydrogen-bond donors (Lipinski definition) is 3. The third-order valence-electron chi connectivity index (χ3n) is 4.08. The van der Waals surface area contributed by atoms with Crippen LogP contribution in [0.5, 0.6) is 0 Å². The van der Waals surface area contributed by atoms with Crippen LogP contribution in [-0.2, 0) is 9.53 Å². The first-order valence-corrected chi connectivity index (χ1v) is 8.90. The van der Waals surface area contributed by atoms with Crippen LogP contribution >= 0.6 is 0 Å². The van der Waals surface area contributed by atoms with Crippen LogP contribution in [0.15, 0.2) is 46.9 Å². The fraction of sp³-hybridized carbons (Fsp3) is 0.300. The molecule has 1 aromatic heterocycles. The molecule has 1 saturated heterocycles. The number of urea groups is 1. The van der Waals surface area contributed by atoms with Crippen molar-refractivity contribution < 1.29 is 18.7 Å². The van der Waals surface area contributed by atoms with Gasteiger partial charge in [0.25, 0.3) is 0 Å². The smallest absolute Gasteiger partial charge is 0.319 e. The molecule has 1 aliphatic heterocycles. The number of nitrogens with one attached hydrogen (secondary N) is 3. The molecular formula is C20H23N3O4. The number of ether oxygens (including phenoxy) is 1. The van der Waals surface area contributed by atoms with Crippen LogP contribution in [0, 0.1) is 6.92 Å². The van der Waals surface area contributed by atoms with Gasteiger partial charge in [-0.25, -0.2) is 4.79 Å². The summed E-state index contributed by atoms with van der Waals surface area (Å²) in [5, 5.41) is 8.29. The van der Waals surface area contributed by atoms with E-state index in [0.29, 0.717) is 23.7 Å². The van der Waals surface area contributed by atoms with E-state index in [2.05, 4.69) is 16.0 Å². The lowest BCUT2D eigenvalue weighted by Gasteiger charge is -2.12. The molecule has 2 aromatic rings. The molecule has 3 rings (SSSR count). The van der Waals surface area contributed by atoms with E-state index in [-0.39, 0.29) is 18.0 Å². The summed E-state index contributed by atoms with van der Waals surface area (Å²) in [5.41, 5.74) is 1.27. The molecule has 142 valence electrons. The lowest BCUT2D eigenvalue weighted by atomic mass is 10.2. The number of furan rings is 1. The topological polar surface area (TPSA) is 92.6 Å². The number of anilines is 2. The molecule has 1 atom stereocenters. The number of hydrogen-bond acceptors (Lipinski definition) is 4. The van der Waals surface area contributed by atoms with E-state index >= 15 is 0 Å². The van der Waals surface area contributed by atoms with Gasteiger partial charge >= 0.3 is 6.03 Å². The second-order valence-electron chi connectivity index (χ2n) is 6.32. The summed E-state index contributed by atoms with van der Waals surface area (Å²) < 4.78 is 10.8.